The van der Waals surface area contributed by atoms with Gasteiger partial charge in [-0.3, -0.25) is 14.4 Å². The van der Waals surface area contributed by atoms with Gasteiger partial charge in [-0.2, -0.15) is 4.72 Å². The summed E-state index contributed by atoms with van der Waals surface area (Å²) in [7, 11) is -4.03. The van der Waals surface area contributed by atoms with Crippen LogP contribution in [-0.4, -0.2) is 38.1 Å². The Morgan fingerprint density at radius 2 is 1.84 bits per heavy atom. The molecule has 0 bridgehead atoms. The summed E-state index contributed by atoms with van der Waals surface area (Å²) in [5, 5.41) is 2.61. The number of hydrogen-bond acceptors (Lipinski definition) is 6. The van der Waals surface area contributed by atoms with Gasteiger partial charge in [-0.1, -0.05) is 6.07 Å². The Morgan fingerprint density at radius 1 is 1.13 bits per heavy atom. The predicted molar refractivity (Wildman–Crippen MR) is 114 cm³/mol. The summed E-state index contributed by atoms with van der Waals surface area (Å²) in [5.41, 5.74) is 6.88. The number of primary amides is 1. The quantitative estimate of drug-likeness (QED) is 0.444. The molecule has 0 aliphatic heterocycles. The number of Topliss-reactive ketones (excluding diaryl/α,β-unsaturated/α-hetero) is 1. The van der Waals surface area contributed by atoms with E-state index in [2.05, 4.69) is 10.0 Å². The van der Waals surface area contributed by atoms with Crippen molar-refractivity contribution in [1.82, 2.24) is 10.0 Å². The maximum absolute atomic E-state index is 12.8. The van der Waals surface area contributed by atoms with Crippen LogP contribution >= 0.6 is 0 Å². The van der Waals surface area contributed by atoms with E-state index >= 15 is 0 Å². The number of carbonyl (C=O) groups excluding carboxylic acids is 3. The smallest absolute Gasteiger partial charge is 0.241 e. The molecule has 9 nitrogen and oxygen atoms in total. The number of nitrogens with two attached hydrogens (primary N) is 1. The largest absolute Gasteiger partial charge is 0.461 e. The van der Waals surface area contributed by atoms with Gasteiger partial charge < -0.3 is 15.5 Å². The van der Waals surface area contributed by atoms with Crippen molar-refractivity contribution in [2.45, 2.75) is 57.0 Å². The van der Waals surface area contributed by atoms with Crippen molar-refractivity contribution in [3.05, 3.63) is 53.5 Å². The van der Waals surface area contributed by atoms with Gasteiger partial charge in [0, 0.05) is 18.9 Å². The van der Waals surface area contributed by atoms with Gasteiger partial charge >= 0.3 is 0 Å². The van der Waals surface area contributed by atoms with E-state index in [1.54, 1.807) is 26.0 Å². The first-order chi connectivity index (χ1) is 14.5. The van der Waals surface area contributed by atoms with Crippen LogP contribution in [0.2, 0.25) is 0 Å². The van der Waals surface area contributed by atoms with Crippen molar-refractivity contribution < 1.29 is 27.2 Å². The first-order valence-electron chi connectivity index (χ1n) is 9.74. The molecule has 1 aromatic heterocycles. The average Bonchev–Trinajstić information content (AvgIpc) is 3.21. The molecular formula is C21H27N3O6S. The van der Waals surface area contributed by atoms with E-state index < -0.39 is 33.9 Å². The highest BCUT2D eigenvalue weighted by atomic mass is 32.2. The highest BCUT2D eigenvalue weighted by Gasteiger charge is 2.28. The molecule has 168 valence electrons. The number of rotatable bonds is 11. The van der Waals surface area contributed by atoms with Crippen LogP contribution in [0.15, 0.2) is 45.9 Å². The lowest BCUT2D eigenvalue weighted by Crippen LogP contribution is -2.49. The van der Waals surface area contributed by atoms with Gasteiger partial charge in [0.2, 0.25) is 21.8 Å². The molecule has 0 saturated heterocycles. The molecule has 2 amide bonds. The Kier molecular flexibility index (Phi) is 8.12. The number of amides is 2. The van der Waals surface area contributed by atoms with Crippen LogP contribution < -0.4 is 15.8 Å². The van der Waals surface area contributed by atoms with Gasteiger partial charge in [-0.05, 0) is 62.6 Å². The molecule has 2 atom stereocenters. The molecule has 0 saturated carbocycles. The van der Waals surface area contributed by atoms with E-state index in [0.717, 1.165) is 11.1 Å². The number of sulfonamides is 1. The minimum absolute atomic E-state index is 0.00789. The zero-order valence-electron chi connectivity index (χ0n) is 17.7. The monoisotopic (exact) mass is 449 g/mol. The molecule has 4 N–H and O–H groups in total. The van der Waals surface area contributed by atoms with Gasteiger partial charge in [-0.15, -0.1) is 0 Å². The Hall–Kier alpha value is -2.98. The molecule has 2 rings (SSSR count). The molecule has 0 aliphatic carbocycles. The summed E-state index contributed by atoms with van der Waals surface area (Å²) >= 11 is 0. The topological polar surface area (TPSA) is 149 Å². The number of carbonyl (C=O) groups is 3. The summed E-state index contributed by atoms with van der Waals surface area (Å²) in [6, 6.07) is 5.89. The summed E-state index contributed by atoms with van der Waals surface area (Å²) in [4.78, 5) is 36.1. The summed E-state index contributed by atoms with van der Waals surface area (Å²) in [5.74, 6) is -1.46. The fraction of sp³-hybridized carbons (Fsp3) is 0.381. The Balaban J connectivity index is 2.12. The third-order valence-electron chi connectivity index (χ3n) is 4.76. The molecule has 1 aromatic carbocycles. The molecule has 0 aliphatic rings. The van der Waals surface area contributed by atoms with Crippen molar-refractivity contribution in [1.29, 1.82) is 0 Å². The van der Waals surface area contributed by atoms with E-state index in [1.807, 2.05) is 6.92 Å². The number of ketones is 1. The summed E-state index contributed by atoms with van der Waals surface area (Å²) in [6.45, 7) is 5.25. The lowest BCUT2D eigenvalue weighted by atomic mass is 10.1. The highest BCUT2D eigenvalue weighted by Crippen LogP contribution is 2.16. The molecule has 1 heterocycles. The van der Waals surface area contributed by atoms with Crippen LogP contribution in [0.3, 0.4) is 0 Å². The number of hydrogen-bond donors (Lipinski definition) is 3. The Bertz CT molecular complexity index is 1050. The number of nitrogens with one attached hydrogen (secondary N) is 2. The maximum Gasteiger partial charge on any atom is 0.241 e. The van der Waals surface area contributed by atoms with Crippen LogP contribution in [0.1, 0.15) is 47.9 Å². The van der Waals surface area contributed by atoms with E-state index in [1.165, 1.54) is 24.5 Å². The zero-order valence-corrected chi connectivity index (χ0v) is 18.5. The number of benzene rings is 1. The third-order valence-corrected chi connectivity index (χ3v) is 6.23. The fourth-order valence-corrected chi connectivity index (χ4v) is 4.19. The number of aryl methyl sites for hydroxylation is 2. The van der Waals surface area contributed by atoms with E-state index in [0.29, 0.717) is 0 Å². The second-order valence-corrected chi connectivity index (χ2v) is 9.15. The second-order valence-electron chi connectivity index (χ2n) is 7.44. The van der Waals surface area contributed by atoms with Crippen LogP contribution in [0, 0.1) is 13.8 Å². The summed E-state index contributed by atoms with van der Waals surface area (Å²) in [6.07, 6.45) is 1.03. The minimum Gasteiger partial charge on any atom is -0.461 e. The summed E-state index contributed by atoms with van der Waals surface area (Å²) < 4.78 is 33.0. The molecule has 0 spiro atoms. The van der Waals surface area contributed by atoms with Crippen molar-refractivity contribution in [2.24, 2.45) is 5.73 Å². The molecule has 0 fully saturated rings. The first kappa shape index (κ1) is 24.3. The van der Waals surface area contributed by atoms with Crippen molar-refractivity contribution in [2.75, 3.05) is 0 Å². The lowest BCUT2D eigenvalue weighted by molar-refractivity contribution is -0.123. The van der Waals surface area contributed by atoms with Gasteiger partial charge in [0.25, 0.3) is 0 Å². The third kappa shape index (κ3) is 7.04. The van der Waals surface area contributed by atoms with Gasteiger partial charge in [0.15, 0.2) is 11.5 Å². The standard InChI is InChI=1S/C21H27N3O6S/c1-13-6-7-16(11-14(13)2)31(28,29)24-17(8-9-20(22)26)21(27)23-15(3)12-18(25)19-5-4-10-30-19/h4-7,10-11,15,17,24H,8-9,12H2,1-3H3,(H2,22,26)(H,23,27)/t15-,17-/m1/s1. The second kappa shape index (κ2) is 10.4. The average molecular weight is 450 g/mol. The molecule has 31 heavy (non-hydrogen) atoms. The Morgan fingerprint density at radius 3 is 2.42 bits per heavy atom. The van der Waals surface area contributed by atoms with Gasteiger partial charge in [0.1, 0.15) is 6.04 Å². The molecule has 10 heteroatoms. The van der Waals surface area contributed by atoms with Crippen molar-refractivity contribution >= 4 is 27.6 Å². The van der Waals surface area contributed by atoms with Crippen LogP contribution in [0.5, 0.6) is 0 Å². The SMILES string of the molecule is Cc1ccc(S(=O)(=O)N[C@H](CCC(N)=O)C(=O)N[C@H](C)CC(=O)c2ccco2)cc1C. The van der Waals surface area contributed by atoms with Crippen LogP contribution in [0.25, 0.3) is 0 Å². The van der Waals surface area contributed by atoms with E-state index in [9.17, 15) is 22.8 Å². The highest BCUT2D eigenvalue weighted by molar-refractivity contribution is 7.89. The molecule has 0 unspecified atom stereocenters. The van der Waals surface area contributed by atoms with Gasteiger partial charge in [-0.25, -0.2) is 8.42 Å². The van der Waals surface area contributed by atoms with Gasteiger partial charge in [0.05, 0.1) is 11.2 Å². The molecule has 0 radical (unpaired) electrons. The minimum atomic E-state index is -4.03. The van der Waals surface area contributed by atoms with Crippen molar-refractivity contribution in [3.8, 4) is 0 Å². The van der Waals surface area contributed by atoms with Crippen LogP contribution in [-0.2, 0) is 19.6 Å². The molecular weight excluding hydrogens is 422 g/mol. The Labute approximate surface area is 181 Å². The van der Waals surface area contributed by atoms with E-state index in [-0.39, 0.29) is 35.7 Å². The normalized spacial score (nSPS) is 13.4. The van der Waals surface area contributed by atoms with Crippen molar-refractivity contribution in [3.63, 3.8) is 0 Å². The zero-order chi connectivity index (χ0) is 23.2. The predicted octanol–water partition coefficient (Wildman–Crippen LogP) is 1.59. The fourth-order valence-electron chi connectivity index (χ4n) is 2.88. The number of furan rings is 1. The van der Waals surface area contributed by atoms with Crippen LogP contribution in [0.4, 0.5) is 0 Å². The molecule has 2 aromatic rings. The maximum atomic E-state index is 12.8. The van der Waals surface area contributed by atoms with E-state index in [4.69, 9.17) is 10.2 Å². The first-order valence-corrected chi connectivity index (χ1v) is 11.2. The lowest BCUT2D eigenvalue weighted by Gasteiger charge is -2.21.